The molecule has 1 aliphatic rings. The molecule has 0 saturated carbocycles. The van der Waals surface area contributed by atoms with Crippen LogP contribution in [0.1, 0.15) is 6.92 Å². The maximum Gasteiger partial charge on any atom is 0.0479 e. The van der Waals surface area contributed by atoms with Crippen molar-refractivity contribution in [3.05, 3.63) is 12.2 Å². The van der Waals surface area contributed by atoms with Crippen LogP contribution in [0.25, 0.3) is 0 Å². The Morgan fingerprint density at radius 3 is 2.44 bits per heavy atom. The van der Waals surface area contributed by atoms with E-state index in [4.69, 9.17) is 5.73 Å². The Kier molecular flexibility index (Phi) is 1.37. The monoisotopic (exact) mass is 126 g/mol. The molecule has 1 fully saturated rings. The van der Waals surface area contributed by atoms with Crippen molar-refractivity contribution in [3.63, 3.8) is 0 Å². The Balaban J connectivity index is 2.70. The lowest BCUT2D eigenvalue weighted by atomic mass is 9.99. The molecule has 0 aromatic rings. The van der Waals surface area contributed by atoms with Crippen LogP contribution in [0.2, 0.25) is 0 Å². The highest BCUT2D eigenvalue weighted by Crippen LogP contribution is 2.20. The van der Waals surface area contributed by atoms with Gasteiger partial charge in [-0.25, -0.2) is 0 Å². The fourth-order valence-electron chi connectivity index (χ4n) is 1.23. The van der Waals surface area contributed by atoms with Crippen molar-refractivity contribution in [3.8, 4) is 0 Å². The molecule has 52 valence electrons. The average Bonchev–Trinajstić information content (AvgIpc) is 1.79. The lowest BCUT2D eigenvalue weighted by Crippen LogP contribution is -2.39. The molecule has 1 aliphatic heterocycles. The van der Waals surface area contributed by atoms with E-state index >= 15 is 0 Å². The molecule has 2 N–H and O–H groups in total. The van der Waals surface area contributed by atoms with Gasteiger partial charge in [0.1, 0.15) is 0 Å². The first kappa shape index (κ1) is 6.78. The van der Waals surface area contributed by atoms with Gasteiger partial charge in [-0.3, -0.25) is 0 Å². The van der Waals surface area contributed by atoms with E-state index in [2.05, 4.69) is 18.5 Å². The topological polar surface area (TPSA) is 29.3 Å². The highest BCUT2D eigenvalue weighted by atomic mass is 15.2. The third kappa shape index (κ3) is 1.14. The van der Waals surface area contributed by atoms with Crippen LogP contribution in [0.3, 0.4) is 0 Å². The summed E-state index contributed by atoms with van der Waals surface area (Å²) in [4.78, 5) is 2.18. The van der Waals surface area contributed by atoms with Crippen LogP contribution in [-0.4, -0.2) is 30.6 Å². The number of rotatable bonds is 0. The van der Waals surface area contributed by atoms with Gasteiger partial charge in [0.2, 0.25) is 0 Å². The highest BCUT2D eigenvalue weighted by Gasteiger charge is 2.30. The predicted molar refractivity (Wildman–Crippen MR) is 39.2 cm³/mol. The van der Waals surface area contributed by atoms with Gasteiger partial charge in [0.15, 0.2) is 0 Å². The first-order valence-corrected chi connectivity index (χ1v) is 3.18. The summed E-state index contributed by atoms with van der Waals surface area (Å²) in [5, 5.41) is 0. The molecule has 0 aromatic heterocycles. The molecule has 9 heavy (non-hydrogen) atoms. The molecule has 0 bridgehead atoms. The molecule has 1 rings (SSSR count). The minimum atomic E-state index is -0.144. The van der Waals surface area contributed by atoms with E-state index in [0.29, 0.717) is 0 Å². The van der Waals surface area contributed by atoms with Gasteiger partial charge in [-0.05, 0) is 19.5 Å². The first-order chi connectivity index (χ1) is 4.02. The molecule has 1 atom stereocenters. The van der Waals surface area contributed by atoms with Gasteiger partial charge < -0.3 is 10.6 Å². The predicted octanol–water partition coefficient (Wildman–Crippen LogP) is 0.205. The number of nitrogens with two attached hydrogens (primary N) is 1. The van der Waals surface area contributed by atoms with Crippen molar-refractivity contribution in [2.75, 3.05) is 20.1 Å². The van der Waals surface area contributed by atoms with Gasteiger partial charge >= 0.3 is 0 Å². The third-order valence-electron chi connectivity index (χ3n) is 1.87. The van der Waals surface area contributed by atoms with Crippen molar-refractivity contribution in [1.29, 1.82) is 0 Å². The molecule has 1 heterocycles. The van der Waals surface area contributed by atoms with E-state index in [-0.39, 0.29) is 5.54 Å². The lowest BCUT2D eigenvalue weighted by molar-refractivity contribution is 0.382. The average molecular weight is 126 g/mol. The zero-order valence-corrected chi connectivity index (χ0v) is 6.15. The van der Waals surface area contributed by atoms with E-state index in [1.807, 2.05) is 6.92 Å². The summed E-state index contributed by atoms with van der Waals surface area (Å²) in [5.41, 5.74) is 6.87. The highest BCUT2D eigenvalue weighted by molar-refractivity contribution is 5.21. The quantitative estimate of drug-likeness (QED) is 0.470. The third-order valence-corrected chi connectivity index (χ3v) is 1.87. The van der Waals surface area contributed by atoms with Gasteiger partial charge in [0.05, 0.1) is 0 Å². The number of likely N-dealkylation sites (tertiary alicyclic amines) is 1. The summed E-state index contributed by atoms with van der Waals surface area (Å²) in [7, 11) is 2.06. The second-order valence-corrected chi connectivity index (χ2v) is 3.19. The van der Waals surface area contributed by atoms with Crippen molar-refractivity contribution in [2.24, 2.45) is 5.73 Å². The Bertz CT molecular complexity index is 138. The van der Waals surface area contributed by atoms with Crippen LogP contribution in [0.4, 0.5) is 0 Å². The van der Waals surface area contributed by atoms with Crippen molar-refractivity contribution >= 4 is 0 Å². The van der Waals surface area contributed by atoms with Crippen LogP contribution in [0.5, 0.6) is 0 Å². The van der Waals surface area contributed by atoms with Gasteiger partial charge in [-0.1, -0.05) is 6.58 Å². The van der Waals surface area contributed by atoms with Gasteiger partial charge in [0.25, 0.3) is 0 Å². The molecule has 2 heteroatoms. The van der Waals surface area contributed by atoms with E-state index in [1.165, 1.54) is 0 Å². The standard InChI is InChI=1S/C7H14N2/c1-6-4-9(3)5-7(6,2)8/h1,4-5,8H2,2-3H3. The molecule has 1 unspecified atom stereocenters. The Morgan fingerprint density at radius 2 is 2.33 bits per heavy atom. The molecule has 0 aliphatic carbocycles. The minimum absolute atomic E-state index is 0.144. The largest absolute Gasteiger partial charge is 0.321 e. The van der Waals surface area contributed by atoms with Crippen LogP contribution in [0, 0.1) is 0 Å². The molecular formula is C7H14N2. The second-order valence-electron chi connectivity index (χ2n) is 3.19. The van der Waals surface area contributed by atoms with Crippen molar-refractivity contribution in [2.45, 2.75) is 12.5 Å². The number of likely N-dealkylation sites (N-methyl/N-ethyl adjacent to an activating group) is 1. The van der Waals surface area contributed by atoms with E-state index in [9.17, 15) is 0 Å². The first-order valence-electron chi connectivity index (χ1n) is 3.18. The Hall–Kier alpha value is -0.340. The normalized spacial score (nSPS) is 37.9. The minimum Gasteiger partial charge on any atom is -0.321 e. The maximum absolute atomic E-state index is 5.87. The molecule has 1 saturated heterocycles. The lowest BCUT2D eigenvalue weighted by Gasteiger charge is -2.17. The number of hydrogen-bond donors (Lipinski definition) is 1. The second kappa shape index (κ2) is 1.82. The fraction of sp³-hybridized carbons (Fsp3) is 0.714. The maximum atomic E-state index is 5.87. The summed E-state index contributed by atoms with van der Waals surface area (Å²) < 4.78 is 0. The van der Waals surface area contributed by atoms with Crippen LogP contribution in [-0.2, 0) is 0 Å². The van der Waals surface area contributed by atoms with Crippen LogP contribution < -0.4 is 5.73 Å². The summed E-state index contributed by atoms with van der Waals surface area (Å²) in [6.45, 7) is 7.81. The Morgan fingerprint density at radius 1 is 1.78 bits per heavy atom. The zero-order valence-electron chi connectivity index (χ0n) is 6.15. The number of nitrogens with zero attached hydrogens (tertiary/aromatic N) is 1. The summed E-state index contributed by atoms with van der Waals surface area (Å²) in [6, 6.07) is 0. The van der Waals surface area contributed by atoms with Gasteiger partial charge in [-0.2, -0.15) is 0 Å². The summed E-state index contributed by atoms with van der Waals surface area (Å²) >= 11 is 0. The fourth-order valence-corrected chi connectivity index (χ4v) is 1.23. The van der Waals surface area contributed by atoms with Gasteiger partial charge in [0, 0.05) is 18.6 Å². The number of hydrogen-bond acceptors (Lipinski definition) is 2. The van der Waals surface area contributed by atoms with Crippen molar-refractivity contribution < 1.29 is 0 Å². The Labute approximate surface area is 56.3 Å². The molecule has 0 amide bonds. The molecule has 0 radical (unpaired) electrons. The smallest absolute Gasteiger partial charge is 0.0479 e. The van der Waals surface area contributed by atoms with Gasteiger partial charge in [-0.15, -0.1) is 0 Å². The van der Waals surface area contributed by atoms with E-state index < -0.39 is 0 Å². The zero-order chi connectivity index (χ0) is 7.07. The SMILES string of the molecule is C=C1CN(C)CC1(C)N. The van der Waals surface area contributed by atoms with Crippen LogP contribution in [0.15, 0.2) is 12.2 Å². The van der Waals surface area contributed by atoms with E-state index in [0.717, 1.165) is 18.7 Å². The van der Waals surface area contributed by atoms with Crippen molar-refractivity contribution in [1.82, 2.24) is 4.90 Å². The molecule has 0 spiro atoms. The molecule has 2 nitrogen and oxygen atoms in total. The van der Waals surface area contributed by atoms with Crippen LogP contribution >= 0.6 is 0 Å². The molecular weight excluding hydrogens is 112 g/mol. The summed E-state index contributed by atoms with van der Waals surface area (Å²) in [5.74, 6) is 0. The summed E-state index contributed by atoms with van der Waals surface area (Å²) in [6.07, 6.45) is 0. The molecule has 0 aromatic carbocycles. The van der Waals surface area contributed by atoms with E-state index in [1.54, 1.807) is 0 Å².